The molecule has 0 saturated carbocycles. The fourth-order valence-corrected chi connectivity index (χ4v) is 16.7. The van der Waals surface area contributed by atoms with Crippen LogP contribution in [0.3, 0.4) is 0 Å². The van der Waals surface area contributed by atoms with Gasteiger partial charge in [0.1, 0.15) is 0 Å². The smallest absolute Gasteiger partial charge is 0.270 e. The summed E-state index contributed by atoms with van der Waals surface area (Å²) in [5.74, 6) is 0. The van der Waals surface area contributed by atoms with Crippen LogP contribution in [0.2, 0.25) is 0 Å². The first-order valence-corrected chi connectivity index (χ1v) is 13.5. The standard InChI is InChI=1S/C4H9Cl6NSi2/c1-3-4(2)11(12(5,6)7)13(8,9)10/h4H,3H2,1-2H3. The van der Waals surface area contributed by atoms with E-state index in [0.29, 0.717) is 0 Å². The van der Waals surface area contributed by atoms with Gasteiger partial charge in [-0.2, -0.15) is 0 Å². The number of hydrogen-bond acceptors (Lipinski definition) is 1. The van der Waals surface area contributed by atoms with Crippen LogP contribution >= 0.6 is 66.5 Å². The molecule has 0 radical (unpaired) electrons. The predicted octanol–water partition coefficient (Wildman–Crippen LogP) is 4.39. The molecule has 0 spiro atoms. The summed E-state index contributed by atoms with van der Waals surface area (Å²) in [6.07, 6.45) is -5.40. The second-order valence-electron chi connectivity index (χ2n) is 2.56. The van der Waals surface area contributed by atoms with Crippen LogP contribution in [0.4, 0.5) is 0 Å². The van der Waals surface area contributed by atoms with E-state index >= 15 is 0 Å². The zero-order chi connectivity index (χ0) is 10.9. The van der Waals surface area contributed by atoms with E-state index in [1.54, 1.807) is 0 Å². The Hall–Kier alpha value is 2.13. The van der Waals surface area contributed by atoms with Crippen molar-refractivity contribution in [2.75, 3.05) is 0 Å². The van der Waals surface area contributed by atoms with Gasteiger partial charge >= 0.3 is 12.3 Å². The minimum atomic E-state index is -3.09. The Kier molecular flexibility index (Phi) is 6.35. The first kappa shape index (κ1) is 15.1. The largest absolute Gasteiger partial charge is 0.420 e. The normalized spacial score (nSPS) is 16.4. The van der Waals surface area contributed by atoms with E-state index in [4.69, 9.17) is 66.5 Å². The van der Waals surface area contributed by atoms with Crippen LogP contribution in [0.5, 0.6) is 0 Å². The van der Waals surface area contributed by atoms with Crippen molar-refractivity contribution in [1.82, 2.24) is 4.23 Å². The van der Waals surface area contributed by atoms with Crippen molar-refractivity contribution in [2.24, 2.45) is 0 Å². The van der Waals surface area contributed by atoms with Gasteiger partial charge < -0.3 is 0 Å². The summed E-state index contributed by atoms with van der Waals surface area (Å²) in [5, 5.41) is 0. The molecule has 80 valence electrons. The average molecular weight is 340 g/mol. The van der Waals surface area contributed by atoms with Gasteiger partial charge in [-0.05, 0) is 12.5 Å². The Bertz CT molecular complexity index is 151. The van der Waals surface area contributed by atoms with Crippen molar-refractivity contribution in [2.45, 2.75) is 26.3 Å². The van der Waals surface area contributed by atoms with Gasteiger partial charge in [0, 0.05) is 0 Å². The third kappa shape index (κ3) is 5.13. The molecule has 0 N–H and O–H groups in total. The molecule has 0 fully saturated rings. The van der Waals surface area contributed by atoms with Crippen molar-refractivity contribution in [3.63, 3.8) is 0 Å². The molecule has 1 atom stereocenters. The van der Waals surface area contributed by atoms with Crippen molar-refractivity contribution in [3.8, 4) is 0 Å². The van der Waals surface area contributed by atoms with E-state index < -0.39 is 12.3 Å². The molecule has 0 aromatic carbocycles. The molecule has 0 aliphatic carbocycles. The molecule has 13 heavy (non-hydrogen) atoms. The highest BCUT2D eigenvalue weighted by Crippen LogP contribution is 2.38. The molecule has 9 heteroatoms. The molecule has 1 nitrogen and oxygen atoms in total. The van der Waals surface area contributed by atoms with Crippen LogP contribution in [-0.2, 0) is 0 Å². The Balaban J connectivity index is 4.78. The van der Waals surface area contributed by atoms with Crippen molar-refractivity contribution < 1.29 is 0 Å². The summed E-state index contributed by atoms with van der Waals surface area (Å²) in [6, 6.07) is -0.0154. The van der Waals surface area contributed by atoms with Gasteiger partial charge in [0.05, 0.1) is 0 Å². The Labute approximate surface area is 109 Å². The summed E-state index contributed by atoms with van der Waals surface area (Å²) in [7, 11) is 0. The van der Waals surface area contributed by atoms with Crippen LogP contribution in [-0.4, -0.2) is 22.6 Å². The van der Waals surface area contributed by atoms with Gasteiger partial charge in [0.25, 0.3) is 0 Å². The van der Waals surface area contributed by atoms with Gasteiger partial charge in [-0.15, -0.1) is 66.5 Å². The Morgan fingerprint density at radius 3 is 1.38 bits per heavy atom. The van der Waals surface area contributed by atoms with Crippen LogP contribution < -0.4 is 0 Å². The third-order valence-corrected chi connectivity index (χ3v) is 11.4. The lowest BCUT2D eigenvalue weighted by Crippen LogP contribution is -2.56. The molecule has 0 aromatic heterocycles. The van der Waals surface area contributed by atoms with Gasteiger partial charge in [0.2, 0.25) is 0 Å². The molecule has 0 rings (SSSR count). The molecule has 0 bridgehead atoms. The first-order valence-electron chi connectivity index (χ1n) is 3.53. The summed E-state index contributed by atoms with van der Waals surface area (Å²) in [5.41, 5.74) is 0. The molecule has 0 aliphatic rings. The summed E-state index contributed by atoms with van der Waals surface area (Å²) >= 11 is 35.0. The van der Waals surface area contributed by atoms with E-state index in [2.05, 4.69) is 0 Å². The quantitative estimate of drug-likeness (QED) is 0.542. The Morgan fingerprint density at radius 1 is 1.00 bits per heavy atom. The lowest BCUT2D eigenvalue weighted by atomic mass is 10.3. The summed E-state index contributed by atoms with van der Waals surface area (Å²) in [6.45, 7) is 3.83. The SMILES string of the molecule is CCC(C)N([Si](Cl)(Cl)Cl)[Si](Cl)(Cl)Cl. The number of hydrogen-bond donors (Lipinski definition) is 0. The highest BCUT2D eigenvalue weighted by atomic mass is 35.8. The lowest BCUT2D eigenvalue weighted by Gasteiger charge is -2.36. The molecule has 0 amide bonds. The molecular weight excluding hydrogens is 331 g/mol. The third-order valence-electron chi connectivity index (χ3n) is 1.58. The van der Waals surface area contributed by atoms with Gasteiger partial charge in [-0.25, -0.2) is 0 Å². The zero-order valence-corrected chi connectivity index (χ0v) is 13.5. The zero-order valence-electron chi connectivity index (χ0n) is 7.00. The van der Waals surface area contributed by atoms with E-state index in [-0.39, 0.29) is 6.04 Å². The first-order chi connectivity index (χ1) is 5.60. The topological polar surface area (TPSA) is 3.24 Å². The van der Waals surface area contributed by atoms with E-state index in [0.717, 1.165) is 6.42 Å². The maximum atomic E-state index is 5.83. The maximum Gasteiger partial charge on any atom is 0.420 e. The number of rotatable bonds is 4. The minimum absolute atomic E-state index is 0.0154. The lowest BCUT2D eigenvalue weighted by molar-refractivity contribution is 0.492. The van der Waals surface area contributed by atoms with Crippen LogP contribution in [0.15, 0.2) is 0 Å². The van der Waals surface area contributed by atoms with E-state index in [1.165, 1.54) is 4.23 Å². The van der Waals surface area contributed by atoms with Crippen LogP contribution in [0.25, 0.3) is 0 Å². The molecule has 0 aliphatic heterocycles. The molecule has 0 aromatic rings. The number of nitrogens with zero attached hydrogens (tertiary/aromatic N) is 1. The van der Waals surface area contributed by atoms with Crippen molar-refractivity contribution >= 4 is 78.8 Å². The fourth-order valence-electron chi connectivity index (χ4n) is 0.826. The highest BCUT2D eigenvalue weighted by molar-refractivity contribution is 7.72. The molecule has 1 unspecified atom stereocenters. The molecular formula is C4H9Cl6NSi2. The second kappa shape index (κ2) is 5.46. The predicted molar refractivity (Wildman–Crippen MR) is 68.2 cm³/mol. The van der Waals surface area contributed by atoms with Gasteiger partial charge in [-0.3, -0.25) is 4.23 Å². The highest BCUT2D eigenvalue weighted by Gasteiger charge is 2.50. The second-order valence-corrected chi connectivity index (χ2v) is 19.2. The van der Waals surface area contributed by atoms with Gasteiger partial charge in [-0.1, -0.05) is 13.8 Å². The van der Waals surface area contributed by atoms with Crippen molar-refractivity contribution in [3.05, 3.63) is 0 Å². The minimum Gasteiger partial charge on any atom is -0.270 e. The van der Waals surface area contributed by atoms with E-state index in [9.17, 15) is 0 Å². The van der Waals surface area contributed by atoms with Crippen LogP contribution in [0.1, 0.15) is 20.3 Å². The average Bonchev–Trinajstić information content (AvgIpc) is 1.80. The number of halogens is 6. The van der Waals surface area contributed by atoms with E-state index in [1.807, 2.05) is 13.8 Å². The monoisotopic (exact) mass is 337 g/mol. The van der Waals surface area contributed by atoms with Gasteiger partial charge in [0.15, 0.2) is 0 Å². The summed E-state index contributed by atoms with van der Waals surface area (Å²) < 4.78 is 1.47. The van der Waals surface area contributed by atoms with Crippen molar-refractivity contribution in [1.29, 1.82) is 0 Å². The Morgan fingerprint density at radius 2 is 1.31 bits per heavy atom. The molecule has 0 heterocycles. The molecule has 0 saturated heterocycles. The maximum absolute atomic E-state index is 5.83. The van der Waals surface area contributed by atoms with Crippen LogP contribution in [0, 0.1) is 0 Å². The summed E-state index contributed by atoms with van der Waals surface area (Å²) in [4.78, 5) is 0. The fraction of sp³-hybridized carbons (Fsp3) is 1.00.